The maximum atomic E-state index is 5.40. The van der Waals surface area contributed by atoms with Crippen LogP contribution < -0.4 is 17.4 Å². The van der Waals surface area contributed by atoms with Crippen molar-refractivity contribution in [2.24, 2.45) is 17.4 Å². The normalized spacial score (nSPS) is 9.69. The second kappa shape index (κ2) is 14.4. The first-order valence-electron chi connectivity index (χ1n) is 5.10. The van der Waals surface area contributed by atoms with E-state index in [1.54, 1.807) is 0 Å². The van der Waals surface area contributed by atoms with E-state index in [-0.39, 0.29) is 0 Å². The van der Waals surface area contributed by atoms with Gasteiger partial charge >= 0.3 is 0 Å². The Labute approximate surface area is 82.4 Å². The molecule has 0 aliphatic rings. The predicted molar refractivity (Wildman–Crippen MR) is 59.1 cm³/mol. The molecule has 0 aliphatic carbocycles. The van der Waals surface area contributed by atoms with Crippen LogP contribution in [0.5, 0.6) is 0 Å². The van der Waals surface area contributed by atoms with Crippen LogP contribution in [0.1, 0.15) is 33.1 Å². The Morgan fingerprint density at radius 3 is 1.85 bits per heavy atom. The highest BCUT2D eigenvalue weighted by atomic mass is 15.1. The fourth-order valence-corrected chi connectivity index (χ4v) is 1.20. The molecular formula is C9H26N4. The fourth-order valence-electron chi connectivity index (χ4n) is 1.20. The van der Waals surface area contributed by atoms with E-state index in [0.717, 1.165) is 6.54 Å². The van der Waals surface area contributed by atoms with E-state index in [9.17, 15) is 0 Å². The van der Waals surface area contributed by atoms with Gasteiger partial charge in [0.15, 0.2) is 0 Å². The highest BCUT2D eigenvalue weighted by molar-refractivity contribution is 4.52. The van der Waals surface area contributed by atoms with Crippen molar-refractivity contribution in [2.45, 2.75) is 33.1 Å². The zero-order chi connectivity index (χ0) is 10.5. The Morgan fingerprint density at radius 2 is 1.46 bits per heavy atom. The average Bonchev–Trinajstić information content (AvgIpc) is 2.21. The summed E-state index contributed by atoms with van der Waals surface area (Å²) >= 11 is 0. The minimum Gasteiger partial charge on any atom is -0.330 e. The Balaban J connectivity index is 0. The topological polar surface area (TPSA) is 81.3 Å². The molecule has 0 bridgehead atoms. The Morgan fingerprint density at radius 1 is 0.923 bits per heavy atom. The number of hydrogen-bond donors (Lipinski definition) is 3. The number of nitrogens with zero attached hydrogens (tertiary/aromatic N) is 1. The van der Waals surface area contributed by atoms with Crippen molar-refractivity contribution in [3.05, 3.63) is 0 Å². The Hall–Kier alpha value is -0.160. The van der Waals surface area contributed by atoms with Crippen molar-refractivity contribution in [3.8, 4) is 0 Å². The largest absolute Gasteiger partial charge is 0.330 e. The summed E-state index contributed by atoms with van der Waals surface area (Å²) in [5, 5.41) is 0. The first-order valence-corrected chi connectivity index (χ1v) is 5.10. The van der Waals surface area contributed by atoms with E-state index < -0.39 is 0 Å². The molecule has 82 valence electrons. The van der Waals surface area contributed by atoms with Gasteiger partial charge in [0.05, 0.1) is 0 Å². The molecule has 0 radical (unpaired) electrons. The number of hydrazine groups is 1. The van der Waals surface area contributed by atoms with Crippen LogP contribution >= 0.6 is 0 Å². The van der Waals surface area contributed by atoms with Gasteiger partial charge in [-0.2, -0.15) is 0 Å². The molecule has 0 aromatic rings. The second-order valence-corrected chi connectivity index (χ2v) is 2.88. The number of hydrogen-bond acceptors (Lipinski definition) is 4. The summed E-state index contributed by atoms with van der Waals surface area (Å²) < 4.78 is 0. The first-order chi connectivity index (χ1) is 6.35. The molecule has 0 aromatic heterocycles. The molecule has 4 nitrogen and oxygen atoms in total. The summed E-state index contributed by atoms with van der Waals surface area (Å²) in [7, 11) is 0. The lowest BCUT2D eigenvalue weighted by atomic mass is 10.2. The molecule has 0 spiro atoms. The maximum Gasteiger partial charge on any atom is -0.00190 e. The van der Waals surface area contributed by atoms with Crippen molar-refractivity contribution >= 4 is 0 Å². The van der Waals surface area contributed by atoms with Gasteiger partial charge in [-0.25, -0.2) is 0 Å². The van der Waals surface area contributed by atoms with Crippen LogP contribution in [0.2, 0.25) is 0 Å². The molecule has 0 amide bonds. The lowest BCUT2D eigenvalue weighted by molar-refractivity contribution is 0.296. The van der Waals surface area contributed by atoms with Crippen molar-refractivity contribution in [2.75, 3.05) is 26.2 Å². The van der Waals surface area contributed by atoms with Crippen LogP contribution in [0.25, 0.3) is 0 Å². The molecule has 0 aliphatic heterocycles. The minimum atomic E-state index is 0.845. The molecule has 13 heavy (non-hydrogen) atoms. The zero-order valence-electron chi connectivity index (χ0n) is 9.13. The molecule has 0 aromatic carbocycles. The van der Waals surface area contributed by atoms with Gasteiger partial charge in [-0.05, 0) is 39.0 Å². The fraction of sp³-hybridized carbons (Fsp3) is 1.00. The summed E-state index contributed by atoms with van der Waals surface area (Å²) in [6.45, 7) is 8.88. The van der Waals surface area contributed by atoms with Crippen LogP contribution in [-0.2, 0) is 0 Å². The SMILES string of the molecule is CCN(CC)CCCCCN.NN. The van der Waals surface area contributed by atoms with Crippen LogP contribution in [0.15, 0.2) is 0 Å². The van der Waals surface area contributed by atoms with Crippen LogP contribution in [-0.4, -0.2) is 31.1 Å². The maximum absolute atomic E-state index is 5.40. The third-order valence-electron chi connectivity index (χ3n) is 2.07. The van der Waals surface area contributed by atoms with Gasteiger partial charge in [0, 0.05) is 0 Å². The summed E-state index contributed by atoms with van der Waals surface area (Å²) in [6.07, 6.45) is 3.77. The molecule has 0 fully saturated rings. The number of rotatable bonds is 7. The van der Waals surface area contributed by atoms with E-state index in [2.05, 4.69) is 30.4 Å². The lowest BCUT2D eigenvalue weighted by Gasteiger charge is -2.17. The Kier molecular flexibility index (Phi) is 16.9. The van der Waals surface area contributed by atoms with Crippen molar-refractivity contribution in [1.29, 1.82) is 0 Å². The monoisotopic (exact) mass is 190 g/mol. The van der Waals surface area contributed by atoms with Gasteiger partial charge in [-0.15, -0.1) is 0 Å². The summed E-state index contributed by atoms with van der Waals surface area (Å²) in [4.78, 5) is 2.45. The third-order valence-corrected chi connectivity index (χ3v) is 2.07. The van der Waals surface area contributed by atoms with Crippen molar-refractivity contribution in [3.63, 3.8) is 0 Å². The van der Waals surface area contributed by atoms with Gasteiger partial charge in [-0.3, -0.25) is 11.7 Å². The van der Waals surface area contributed by atoms with Gasteiger partial charge in [-0.1, -0.05) is 20.3 Å². The van der Waals surface area contributed by atoms with E-state index >= 15 is 0 Å². The van der Waals surface area contributed by atoms with Gasteiger partial charge < -0.3 is 10.6 Å². The third kappa shape index (κ3) is 11.8. The van der Waals surface area contributed by atoms with E-state index in [0.29, 0.717) is 0 Å². The van der Waals surface area contributed by atoms with Crippen LogP contribution in [0.4, 0.5) is 0 Å². The van der Waals surface area contributed by atoms with E-state index in [1.165, 1.54) is 38.9 Å². The summed E-state index contributed by atoms with van der Waals surface area (Å²) in [5.41, 5.74) is 5.40. The van der Waals surface area contributed by atoms with Crippen molar-refractivity contribution < 1.29 is 0 Å². The molecule has 4 heteroatoms. The standard InChI is InChI=1S/C9H22N2.H4N2/c1-3-11(4-2)9-7-5-6-8-10;1-2/h3-10H2,1-2H3;1-2H2. The van der Waals surface area contributed by atoms with E-state index in [4.69, 9.17) is 5.73 Å². The smallest absolute Gasteiger partial charge is 0.00190 e. The first kappa shape index (κ1) is 15.3. The van der Waals surface area contributed by atoms with Gasteiger partial charge in [0.1, 0.15) is 0 Å². The Bertz CT molecular complexity index is 74.0. The summed E-state index contributed by atoms with van der Waals surface area (Å²) in [6, 6.07) is 0. The molecular weight excluding hydrogens is 164 g/mol. The number of unbranched alkanes of at least 4 members (excludes halogenated alkanes) is 2. The van der Waals surface area contributed by atoms with Gasteiger partial charge in [0.25, 0.3) is 0 Å². The van der Waals surface area contributed by atoms with Crippen molar-refractivity contribution in [1.82, 2.24) is 4.90 Å². The van der Waals surface area contributed by atoms with Crippen LogP contribution in [0, 0.1) is 0 Å². The second-order valence-electron chi connectivity index (χ2n) is 2.88. The zero-order valence-corrected chi connectivity index (χ0v) is 9.13. The lowest BCUT2D eigenvalue weighted by Crippen LogP contribution is -2.23. The molecule has 6 N–H and O–H groups in total. The quantitative estimate of drug-likeness (QED) is 0.306. The van der Waals surface area contributed by atoms with E-state index in [1.807, 2.05) is 0 Å². The highest BCUT2D eigenvalue weighted by Crippen LogP contribution is 1.96. The molecule has 0 rings (SSSR count). The summed E-state index contributed by atoms with van der Waals surface area (Å²) in [5.74, 6) is 8.00. The molecule has 0 unspecified atom stereocenters. The minimum absolute atomic E-state index is 0.845. The molecule has 0 heterocycles. The number of nitrogens with two attached hydrogens (primary N) is 3. The predicted octanol–water partition coefficient (Wildman–Crippen LogP) is 0.276. The highest BCUT2D eigenvalue weighted by Gasteiger charge is 1.96. The molecule has 0 atom stereocenters. The average molecular weight is 190 g/mol. The molecule has 0 saturated carbocycles. The van der Waals surface area contributed by atoms with Crippen LogP contribution in [0.3, 0.4) is 0 Å². The molecule has 0 saturated heterocycles. The van der Waals surface area contributed by atoms with Gasteiger partial charge in [0.2, 0.25) is 0 Å².